The summed E-state index contributed by atoms with van der Waals surface area (Å²) in [7, 11) is -4.61. The summed E-state index contributed by atoms with van der Waals surface area (Å²) in [5, 5.41) is 5.77. The highest BCUT2D eigenvalue weighted by Crippen LogP contribution is 2.32. The number of ether oxygens (including phenoxy) is 1. The van der Waals surface area contributed by atoms with Gasteiger partial charge < -0.3 is 15.4 Å². The highest BCUT2D eigenvalue weighted by Gasteiger charge is 2.32. The van der Waals surface area contributed by atoms with Gasteiger partial charge in [-0.1, -0.05) is 18.2 Å². The number of hydrogen-bond acceptors (Lipinski definition) is 5. The summed E-state index contributed by atoms with van der Waals surface area (Å²) in [5.41, 5.74) is -0.1000. The van der Waals surface area contributed by atoms with Gasteiger partial charge in [0.15, 0.2) is 5.84 Å². The third kappa shape index (κ3) is 4.88. The standard InChI is InChI=1S/C20H18F3N3O4S/c1-3-30-19(27)17-12(2)24-15-9-4-5-10-16(15)25-18(17)26-31(28,29)14-8-6-7-13(11-14)20(21,22)23/h4-11,24H,3H2,1-2H3,(H,25,26). The number of esters is 1. The number of fused-ring (bicyclic) bond motifs is 1. The zero-order valence-corrected chi connectivity index (χ0v) is 17.3. The predicted molar refractivity (Wildman–Crippen MR) is 109 cm³/mol. The Hall–Kier alpha value is -3.34. The van der Waals surface area contributed by atoms with Crippen LogP contribution >= 0.6 is 0 Å². The van der Waals surface area contributed by atoms with Crippen molar-refractivity contribution in [2.45, 2.75) is 24.9 Å². The highest BCUT2D eigenvalue weighted by atomic mass is 32.2. The van der Waals surface area contributed by atoms with Gasteiger partial charge in [0.1, 0.15) is 5.57 Å². The van der Waals surface area contributed by atoms with Gasteiger partial charge >= 0.3 is 12.1 Å². The SMILES string of the molecule is CCOC(=O)C1=C(C)Nc2ccccc2N/C1=N/S(=O)(=O)c1cccc(C(F)(F)F)c1. The number of nitrogens with zero attached hydrogens (tertiary/aromatic N) is 1. The molecule has 0 aliphatic carbocycles. The summed E-state index contributed by atoms with van der Waals surface area (Å²) in [4.78, 5) is 11.9. The maximum atomic E-state index is 13.0. The average molecular weight is 453 g/mol. The van der Waals surface area contributed by atoms with E-state index in [4.69, 9.17) is 4.74 Å². The highest BCUT2D eigenvalue weighted by molar-refractivity contribution is 7.90. The van der Waals surface area contributed by atoms with Crippen molar-refractivity contribution in [3.63, 3.8) is 0 Å². The van der Waals surface area contributed by atoms with Crippen LogP contribution in [0.1, 0.15) is 19.4 Å². The molecule has 0 saturated heterocycles. The number of hydrogen-bond donors (Lipinski definition) is 2. The van der Waals surface area contributed by atoms with E-state index in [1.165, 1.54) is 6.92 Å². The van der Waals surface area contributed by atoms with Crippen LogP contribution in [0.15, 0.2) is 69.1 Å². The first-order valence-electron chi connectivity index (χ1n) is 9.06. The minimum Gasteiger partial charge on any atom is -0.462 e. The Balaban J connectivity index is 2.16. The van der Waals surface area contributed by atoms with Crippen molar-refractivity contribution in [3.8, 4) is 0 Å². The minimum atomic E-state index is -4.73. The van der Waals surface area contributed by atoms with E-state index in [-0.39, 0.29) is 23.7 Å². The van der Waals surface area contributed by atoms with Gasteiger partial charge in [0.2, 0.25) is 0 Å². The predicted octanol–water partition coefficient (Wildman–Crippen LogP) is 4.17. The number of amidine groups is 1. The number of para-hydroxylation sites is 2. The lowest BCUT2D eigenvalue weighted by molar-refractivity contribution is -0.138. The third-order valence-corrected chi connectivity index (χ3v) is 5.54. The zero-order chi connectivity index (χ0) is 22.8. The van der Waals surface area contributed by atoms with Gasteiger partial charge in [0.05, 0.1) is 28.4 Å². The summed E-state index contributed by atoms with van der Waals surface area (Å²) in [6.45, 7) is 3.13. The molecule has 0 aromatic heterocycles. The van der Waals surface area contributed by atoms with Gasteiger partial charge in [-0.15, -0.1) is 4.40 Å². The second kappa shape index (κ2) is 8.42. The van der Waals surface area contributed by atoms with Crippen molar-refractivity contribution in [2.75, 3.05) is 17.2 Å². The minimum absolute atomic E-state index is 0.0240. The molecule has 1 aliphatic rings. The molecule has 3 rings (SSSR count). The van der Waals surface area contributed by atoms with E-state index in [0.717, 1.165) is 18.2 Å². The lowest BCUT2D eigenvalue weighted by atomic mass is 10.2. The Morgan fingerprint density at radius 3 is 2.32 bits per heavy atom. The van der Waals surface area contributed by atoms with Crippen molar-refractivity contribution in [3.05, 3.63) is 65.4 Å². The normalized spacial score (nSPS) is 15.6. The molecule has 0 saturated carbocycles. The van der Waals surface area contributed by atoms with Gasteiger partial charge in [-0.05, 0) is 44.2 Å². The molecule has 0 bridgehead atoms. The smallest absolute Gasteiger partial charge is 0.416 e. The molecule has 0 spiro atoms. The Kier molecular flexibility index (Phi) is 6.07. The number of anilines is 2. The first-order chi connectivity index (χ1) is 14.5. The molecule has 0 fully saturated rings. The van der Waals surface area contributed by atoms with Crippen LogP contribution in [0.5, 0.6) is 0 Å². The maximum absolute atomic E-state index is 13.0. The van der Waals surface area contributed by atoms with Crippen molar-refractivity contribution in [2.24, 2.45) is 4.40 Å². The molecule has 0 unspecified atom stereocenters. The van der Waals surface area contributed by atoms with Gasteiger partial charge in [-0.25, -0.2) is 4.79 Å². The molecule has 1 heterocycles. The number of sulfonamides is 1. The molecule has 7 nitrogen and oxygen atoms in total. The second-order valence-electron chi connectivity index (χ2n) is 6.46. The molecule has 2 aromatic rings. The van der Waals surface area contributed by atoms with Crippen LogP contribution in [0.3, 0.4) is 0 Å². The van der Waals surface area contributed by atoms with Gasteiger partial charge in [-0.2, -0.15) is 21.6 Å². The molecule has 0 amide bonds. The quantitative estimate of drug-likeness (QED) is 0.675. The van der Waals surface area contributed by atoms with Crippen LogP contribution in [0.25, 0.3) is 0 Å². The topological polar surface area (TPSA) is 96.9 Å². The Morgan fingerprint density at radius 1 is 1.06 bits per heavy atom. The van der Waals surface area contributed by atoms with E-state index < -0.39 is 32.6 Å². The summed E-state index contributed by atoms with van der Waals surface area (Å²) in [5.74, 6) is -1.21. The number of nitrogens with one attached hydrogen (secondary N) is 2. The molecule has 164 valence electrons. The van der Waals surface area contributed by atoms with Crippen LogP contribution in [-0.4, -0.2) is 26.8 Å². The molecule has 31 heavy (non-hydrogen) atoms. The van der Waals surface area contributed by atoms with Crippen molar-refractivity contribution in [1.29, 1.82) is 0 Å². The fourth-order valence-electron chi connectivity index (χ4n) is 2.86. The van der Waals surface area contributed by atoms with Crippen molar-refractivity contribution < 1.29 is 31.1 Å². The van der Waals surface area contributed by atoms with Crippen LogP contribution in [-0.2, 0) is 25.7 Å². The third-order valence-electron chi connectivity index (χ3n) is 4.26. The summed E-state index contributed by atoms with van der Waals surface area (Å²) >= 11 is 0. The lowest BCUT2D eigenvalue weighted by Crippen LogP contribution is -2.25. The van der Waals surface area contributed by atoms with Crippen LogP contribution in [0.4, 0.5) is 24.5 Å². The van der Waals surface area contributed by atoms with E-state index in [2.05, 4.69) is 15.0 Å². The molecule has 1 aliphatic heterocycles. The number of allylic oxidation sites excluding steroid dienone is 1. The zero-order valence-electron chi connectivity index (χ0n) is 16.4. The molecule has 2 N–H and O–H groups in total. The Morgan fingerprint density at radius 2 is 1.71 bits per heavy atom. The van der Waals surface area contributed by atoms with Gasteiger partial charge in [0, 0.05) is 5.70 Å². The first kappa shape index (κ1) is 22.3. The van der Waals surface area contributed by atoms with Crippen molar-refractivity contribution in [1.82, 2.24) is 0 Å². The largest absolute Gasteiger partial charge is 0.462 e. The van der Waals surface area contributed by atoms with E-state index in [1.807, 2.05) is 0 Å². The maximum Gasteiger partial charge on any atom is 0.416 e. The molecular weight excluding hydrogens is 435 g/mol. The summed E-state index contributed by atoms with van der Waals surface area (Å²) < 4.78 is 73.4. The second-order valence-corrected chi connectivity index (χ2v) is 8.06. The van der Waals surface area contributed by atoms with E-state index in [1.54, 1.807) is 31.2 Å². The number of carbonyl (C=O) groups excluding carboxylic acids is 1. The summed E-state index contributed by atoms with van der Waals surface area (Å²) in [6, 6.07) is 9.93. The monoisotopic (exact) mass is 453 g/mol. The van der Waals surface area contributed by atoms with Crippen LogP contribution < -0.4 is 10.6 Å². The fourth-order valence-corrected chi connectivity index (χ4v) is 3.87. The lowest BCUT2D eigenvalue weighted by Gasteiger charge is -2.12. The number of alkyl halides is 3. The van der Waals surface area contributed by atoms with Gasteiger partial charge in [0.25, 0.3) is 10.0 Å². The molecule has 11 heteroatoms. The Labute approximate surface area is 176 Å². The van der Waals surface area contributed by atoms with E-state index in [9.17, 15) is 26.4 Å². The first-order valence-corrected chi connectivity index (χ1v) is 10.5. The average Bonchev–Trinajstić information content (AvgIpc) is 2.82. The molecule has 2 aromatic carbocycles. The molecular formula is C20H18F3N3O4S. The number of carbonyl (C=O) groups is 1. The molecule has 0 atom stereocenters. The molecule has 0 radical (unpaired) electrons. The number of rotatable bonds is 4. The van der Waals surface area contributed by atoms with Crippen LogP contribution in [0.2, 0.25) is 0 Å². The fraction of sp³-hybridized carbons (Fsp3) is 0.200. The van der Waals surface area contributed by atoms with E-state index >= 15 is 0 Å². The van der Waals surface area contributed by atoms with Crippen LogP contribution in [0, 0.1) is 0 Å². The number of halogens is 3. The Bertz CT molecular complexity index is 1190. The van der Waals surface area contributed by atoms with Crippen molar-refractivity contribution >= 4 is 33.2 Å². The van der Waals surface area contributed by atoms with Gasteiger partial charge in [-0.3, -0.25) is 0 Å². The van der Waals surface area contributed by atoms with E-state index in [0.29, 0.717) is 17.4 Å². The number of benzene rings is 2. The summed E-state index contributed by atoms with van der Waals surface area (Å²) in [6.07, 6.45) is -4.73.